The number of nitrogens with zero attached hydrogens (tertiary/aromatic N) is 3. The molecule has 0 bridgehead atoms. The van der Waals surface area contributed by atoms with Crippen molar-refractivity contribution in [3.05, 3.63) is 59.5 Å². The van der Waals surface area contributed by atoms with Gasteiger partial charge >= 0.3 is 0 Å². The second-order valence-corrected chi connectivity index (χ2v) is 9.95. The van der Waals surface area contributed by atoms with Crippen molar-refractivity contribution in [2.45, 2.75) is 57.3 Å². The van der Waals surface area contributed by atoms with Gasteiger partial charge in [0, 0.05) is 31.0 Å². The van der Waals surface area contributed by atoms with Crippen LogP contribution in [0.25, 0.3) is 11.7 Å². The summed E-state index contributed by atoms with van der Waals surface area (Å²) in [4.78, 5) is 19.5. The zero-order valence-electron chi connectivity index (χ0n) is 20.3. The average Bonchev–Trinajstić information content (AvgIpc) is 3.58. The first-order valence-electron chi connectivity index (χ1n) is 12.6. The van der Waals surface area contributed by atoms with E-state index in [1.165, 1.54) is 30.4 Å². The highest BCUT2D eigenvalue weighted by Gasteiger charge is 2.36. The Morgan fingerprint density at radius 2 is 2.00 bits per heavy atom. The van der Waals surface area contributed by atoms with E-state index in [1.807, 2.05) is 4.90 Å². The number of piperidine rings is 1. The smallest absolute Gasteiger partial charge is 0.266 e. The molecule has 7 heteroatoms. The summed E-state index contributed by atoms with van der Waals surface area (Å²) >= 11 is 0. The largest absolute Gasteiger partial charge is 0.459 e. The van der Waals surface area contributed by atoms with Crippen molar-refractivity contribution in [1.82, 2.24) is 10.3 Å². The molecule has 1 saturated heterocycles. The number of furan rings is 1. The molecule has 1 amide bonds. The van der Waals surface area contributed by atoms with Crippen LogP contribution in [0.3, 0.4) is 0 Å². The van der Waals surface area contributed by atoms with Crippen molar-refractivity contribution < 1.29 is 13.6 Å². The highest BCUT2D eigenvalue weighted by molar-refractivity contribution is 5.79. The summed E-state index contributed by atoms with van der Waals surface area (Å²) in [7, 11) is 0. The van der Waals surface area contributed by atoms with Crippen LogP contribution in [0.15, 0.2) is 51.5 Å². The zero-order chi connectivity index (χ0) is 24.3. The number of carbonyl (C=O) groups is 1. The lowest BCUT2D eigenvalue weighted by Crippen LogP contribution is -2.46. The fourth-order valence-electron chi connectivity index (χ4n) is 5.62. The Bertz CT molecular complexity index is 1190. The van der Waals surface area contributed by atoms with Gasteiger partial charge in [-0.1, -0.05) is 49.1 Å². The number of benzene rings is 1. The van der Waals surface area contributed by atoms with Gasteiger partial charge in [-0.3, -0.25) is 4.79 Å². The van der Waals surface area contributed by atoms with E-state index in [9.17, 15) is 10.1 Å². The first-order valence-corrected chi connectivity index (χ1v) is 12.6. The number of hydrogen-bond donors (Lipinski definition) is 1. The maximum absolute atomic E-state index is 13.2. The van der Waals surface area contributed by atoms with Crippen molar-refractivity contribution in [3.8, 4) is 17.7 Å². The van der Waals surface area contributed by atoms with Gasteiger partial charge in [0.05, 0.1) is 6.26 Å². The van der Waals surface area contributed by atoms with Crippen LogP contribution in [0.5, 0.6) is 0 Å². The number of aromatic nitrogens is 1. The highest BCUT2D eigenvalue weighted by atomic mass is 16.4. The summed E-state index contributed by atoms with van der Waals surface area (Å²) in [6.07, 6.45) is 8.90. The number of aryl methyl sites for hydroxylation is 1. The number of rotatable bonds is 6. The van der Waals surface area contributed by atoms with Gasteiger partial charge in [-0.05, 0) is 50.3 Å². The predicted molar refractivity (Wildman–Crippen MR) is 133 cm³/mol. The van der Waals surface area contributed by atoms with Gasteiger partial charge in [0.25, 0.3) is 5.89 Å². The molecule has 0 spiro atoms. The third kappa shape index (κ3) is 4.84. The first-order chi connectivity index (χ1) is 17.1. The lowest BCUT2D eigenvalue weighted by atomic mass is 9.69. The van der Waals surface area contributed by atoms with E-state index < -0.39 is 0 Å². The molecule has 5 rings (SSSR count). The molecule has 2 fully saturated rings. The molecule has 182 valence electrons. The molecule has 3 heterocycles. The number of hydrogen-bond acceptors (Lipinski definition) is 6. The van der Waals surface area contributed by atoms with E-state index in [1.54, 1.807) is 18.4 Å². The fraction of sp³-hybridized carbons (Fsp3) is 0.464. The maximum Gasteiger partial charge on any atom is 0.266 e. The predicted octanol–water partition coefficient (Wildman–Crippen LogP) is 5.35. The van der Waals surface area contributed by atoms with Crippen molar-refractivity contribution >= 4 is 11.8 Å². The van der Waals surface area contributed by atoms with E-state index in [2.05, 4.69) is 47.6 Å². The van der Waals surface area contributed by atoms with E-state index in [4.69, 9.17) is 8.83 Å². The Morgan fingerprint density at radius 1 is 1.20 bits per heavy atom. The first kappa shape index (κ1) is 23.2. The van der Waals surface area contributed by atoms with Gasteiger partial charge < -0.3 is 19.1 Å². The van der Waals surface area contributed by atoms with Gasteiger partial charge in [0.15, 0.2) is 5.76 Å². The van der Waals surface area contributed by atoms with Crippen LogP contribution < -0.4 is 10.2 Å². The third-order valence-electron chi connectivity index (χ3n) is 7.64. The van der Waals surface area contributed by atoms with E-state index in [-0.39, 0.29) is 22.9 Å². The summed E-state index contributed by atoms with van der Waals surface area (Å²) in [6.45, 7) is 4.12. The Kier molecular flexibility index (Phi) is 6.63. The molecular weight excluding hydrogens is 440 g/mol. The normalized spacial score (nSPS) is 18.2. The van der Waals surface area contributed by atoms with Crippen LogP contribution in [0.1, 0.15) is 61.8 Å². The van der Waals surface area contributed by atoms with Crippen LogP contribution in [-0.2, 0) is 10.2 Å². The summed E-state index contributed by atoms with van der Waals surface area (Å²) in [5.41, 5.74) is 2.90. The number of anilines is 1. The standard InChI is InChI=1S/C28H32N4O3/c1-20-7-5-8-22(17-20)28(12-3-2-4-13-28)19-30-25(33)21-10-14-32(15-11-21)27-23(18-29)31-26(35-27)24-9-6-16-34-24/h5-9,16-17,21H,2-4,10-15,19H2,1H3,(H,30,33). The molecule has 2 aromatic heterocycles. The quantitative estimate of drug-likeness (QED) is 0.520. The second kappa shape index (κ2) is 9.99. The molecule has 1 aromatic carbocycles. The summed E-state index contributed by atoms with van der Waals surface area (Å²) < 4.78 is 11.2. The van der Waals surface area contributed by atoms with Gasteiger partial charge in [-0.2, -0.15) is 10.2 Å². The summed E-state index contributed by atoms with van der Waals surface area (Å²) in [5, 5.41) is 12.9. The molecule has 1 N–H and O–H groups in total. The van der Waals surface area contributed by atoms with Crippen LogP contribution >= 0.6 is 0 Å². The molecule has 1 saturated carbocycles. The van der Waals surface area contributed by atoms with E-state index in [0.29, 0.717) is 50.0 Å². The molecule has 2 aliphatic rings. The molecule has 1 aliphatic carbocycles. The van der Waals surface area contributed by atoms with E-state index >= 15 is 0 Å². The van der Waals surface area contributed by atoms with E-state index in [0.717, 1.165) is 12.8 Å². The van der Waals surface area contributed by atoms with Gasteiger partial charge in [0.2, 0.25) is 17.5 Å². The van der Waals surface area contributed by atoms with Gasteiger partial charge in [-0.15, -0.1) is 0 Å². The van der Waals surface area contributed by atoms with Gasteiger partial charge in [-0.25, -0.2) is 0 Å². The second-order valence-electron chi connectivity index (χ2n) is 9.95. The number of nitrogens with one attached hydrogen (secondary N) is 1. The lowest BCUT2D eigenvalue weighted by molar-refractivity contribution is -0.126. The van der Waals surface area contributed by atoms with Crippen molar-refractivity contribution in [3.63, 3.8) is 0 Å². The topological polar surface area (TPSA) is 95.3 Å². The Labute approximate surface area is 206 Å². The molecule has 0 atom stereocenters. The SMILES string of the molecule is Cc1cccc(C2(CNC(=O)C3CCN(c4oc(-c5ccco5)nc4C#N)CC3)CCCCC2)c1. The molecular formula is C28H32N4O3. The molecule has 35 heavy (non-hydrogen) atoms. The minimum absolute atomic E-state index is 0.0322. The molecule has 7 nitrogen and oxygen atoms in total. The number of carbonyl (C=O) groups excluding carboxylic acids is 1. The molecule has 0 unspecified atom stereocenters. The van der Waals surface area contributed by atoms with Crippen LogP contribution in [0.4, 0.5) is 5.88 Å². The Morgan fingerprint density at radius 3 is 2.69 bits per heavy atom. The van der Waals surface area contributed by atoms with Gasteiger partial charge in [0.1, 0.15) is 6.07 Å². The van der Waals surface area contributed by atoms with Crippen molar-refractivity contribution in [1.29, 1.82) is 5.26 Å². The minimum atomic E-state index is -0.0394. The van der Waals surface area contributed by atoms with Crippen LogP contribution in [-0.4, -0.2) is 30.5 Å². The summed E-state index contributed by atoms with van der Waals surface area (Å²) in [5.74, 6) is 1.35. The zero-order valence-corrected chi connectivity index (χ0v) is 20.3. The highest BCUT2D eigenvalue weighted by Crippen LogP contribution is 2.39. The number of nitriles is 1. The fourth-order valence-corrected chi connectivity index (χ4v) is 5.62. The number of oxazole rings is 1. The maximum atomic E-state index is 13.2. The van der Waals surface area contributed by atoms with Crippen molar-refractivity contribution in [2.24, 2.45) is 5.92 Å². The Hall–Kier alpha value is -3.53. The van der Waals surface area contributed by atoms with Crippen molar-refractivity contribution in [2.75, 3.05) is 24.5 Å². The Balaban J connectivity index is 1.21. The molecule has 1 aliphatic heterocycles. The minimum Gasteiger partial charge on any atom is -0.459 e. The molecule has 0 radical (unpaired) electrons. The third-order valence-corrected chi connectivity index (χ3v) is 7.64. The van der Waals surface area contributed by atoms with Crippen LogP contribution in [0.2, 0.25) is 0 Å². The number of amides is 1. The average molecular weight is 473 g/mol. The monoisotopic (exact) mass is 472 g/mol. The van der Waals surface area contributed by atoms with Crippen LogP contribution in [0, 0.1) is 24.2 Å². The lowest BCUT2D eigenvalue weighted by Gasteiger charge is -2.39. The molecule has 3 aromatic rings. The summed E-state index contributed by atoms with van der Waals surface area (Å²) in [6, 6.07) is 14.4.